The Labute approximate surface area is 83.3 Å². The van der Waals surface area contributed by atoms with E-state index in [2.05, 4.69) is 0 Å². The zero-order valence-electron chi connectivity index (χ0n) is 8.67. The number of hydrogen-bond acceptors (Lipinski definition) is 2. The summed E-state index contributed by atoms with van der Waals surface area (Å²) in [4.78, 5) is 0. The summed E-state index contributed by atoms with van der Waals surface area (Å²) in [7, 11) is 0. The van der Waals surface area contributed by atoms with Gasteiger partial charge in [-0.2, -0.15) is 0 Å². The van der Waals surface area contributed by atoms with Gasteiger partial charge in [0.2, 0.25) is 0 Å². The predicted octanol–water partition coefficient (Wildman–Crippen LogP) is 2.28. The predicted molar refractivity (Wildman–Crippen MR) is 52.9 cm³/mol. The molecule has 0 fully saturated rings. The molecule has 78 valence electrons. The van der Waals surface area contributed by atoms with Crippen LogP contribution >= 0.6 is 0 Å². The first-order valence-corrected chi connectivity index (χ1v) is 4.51. The van der Waals surface area contributed by atoms with Gasteiger partial charge in [0, 0.05) is 0 Å². The molecule has 0 atom stereocenters. The standard InChI is InChI=1S/C11H15FO2/c1-8-6-9(12)4-5-10(8)14-11(2,3)7-13/h4-6,13H,7H2,1-3H3. The van der Waals surface area contributed by atoms with Gasteiger partial charge < -0.3 is 9.84 Å². The average molecular weight is 198 g/mol. The van der Waals surface area contributed by atoms with Crippen LogP contribution < -0.4 is 4.74 Å². The van der Waals surface area contributed by atoms with E-state index in [0.717, 1.165) is 5.56 Å². The first-order valence-electron chi connectivity index (χ1n) is 4.51. The molecule has 0 saturated carbocycles. The van der Waals surface area contributed by atoms with Crippen LogP contribution in [0.3, 0.4) is 0 Å². The van der Waals surface area contributed by atoms with Crippen molar-refractivity contribution in [1.29, 1.82) is 0 Å². The highest BCUT2D eigenvalue weighted by Crippen LogP contribution is 2.23. The van der Waals surface area contributed by atoms with Gasteiger partial charge in [-0.1, -0.05) is 0 Å². The number of rotatable bonds is 3. The Hall–Kier alpha value is -1.09. The minimum atomic E-state index is -0.636. The van der Waals surface area contributed by atoms with Gasteiger partial charge in [0.15, 0.2) is 0 Å². The molecule has 14 heavy (non-hydrogen) atoms. The molecule has 3 heteroatoms. The highest BCUT2D eigenvalue weighted by molar-refractivity contribution is 5.33. The number of aryl methyl sites for hydroxylation is 1. The Morgan fingerprint density at radius 3 is 2.57 bits per heavy atom. The molecule has 0 heterocycles. The van der Waals surface area contributed by atoms with Crippen molar-refractivity contribution < 1.29 is 14.2 Å². The Morgan fingerprint density at radius 1 is 1.43 bits per heavy atom. The van der Waals surface area contributed by atoms with Gasteiger partial charge in [0.25, 0.3) is 0 Å². The topological polar surface area (TPSA) is 29.5 Å². The third-order valence-electron chi connectivity index (χ3n) is 1.90. The molecule has 0 saturated heterocycles. The van der Waals surface area contributed by atoms with Crippen LogP contribution in [0.2, 0.25) is 0 Å². The third kappa shape index (κ3) is 2.70. The molecule has 1 aromatic rings. The fraction of sp³-hybridized carbons (Fsp3) is 0.455. The van der Waals surface area contributed by atoms with Gasteiger partial charge in [0.05, 0.1) is 6.61 Å². The second kappa shape index (κ2) is 3.96. The van der Waals surface area contributed by atoms with Gasteiger partial charge in [-0.05, 0) is 44.5 Å². The molecule has 0 aliphatic carbocycles. The van der Waals surface area contributed by atoms with Gasteiger partial charge in [-0.15, -0.1) is 0 Å². The Morgan fingerprint density at radius 2 is 2.07 bits per heavy atom. The Balaban J connectivity index is 2.87. The van der Waals surface area contributed by atoms with E-state index in [1.807, 2.05) is 0 Å². The fourth-order valence-electron chi connectivity index (χ4n) is 1.06. The molecule has 0 aliphatic rings. The maximum absolute atomic E-state index is 12.8. The maximum atomic E-state index is 12.8. The maximum Gasteiger partial charge on any atom is 0.126 e. The zero-order chi connectivity index (χ0) is 10.8. The van der Waals surface area contributed by atoms with Crippen LogP contribution in [0.5, 0.6) is 5.75 Å². The lowest BCUT2D eigenvalue weighted by molar-refractivity contribution is 0.0406. The number of aliphatic hydroxyl groups excluding tert-OH is 1. The van der Waals surface area contributed by atoms with Gasteiger partial charge in [-0.25, -0.2) is 4.39 Å². The SMILES string of the molecule is Cc1cc(F)ccc1OC(C)(C)CO. The molecular formula is C11H15FO2. The Bertz CT molecular complexity index is 321. The normalized spacial score (nSPS) is 11.5. The first-order chi connectivity index (χ1) is 6.44. The number of aliphatic hydroxyl groups is 1. The summed E-state index contributed by atoms with van der Waals surface area (Å²) in [5.74, 6) is 0.321. The quantitative estimate of drug-likeness (QED) is 0.807. The summed E-state index contributed by atoms with van der Waals surface area (Å²) in [5, 5.41) is 9.00. The van der Waals surface area contributed by atoms with Crippen LogP contribution in [0.15, 0.2) is 18.2 Å². The van der Waals surface area contributed by atoms with E-state index in [1.165, 1.54) is 12.1 Å². The van der Waals surface area contributed by atoms with Crippen LogP contribution in [0, 0.1) is 12.7 Å². The summed E-state index contributed by atoms with van der Waals surface area (Å²) < 4.78 is 18.3. The van der Waals surface area contributed by atoms with Crippen molar-refractivity contribution in [2.24, 2.45) is 0 Å². The number of benzene rings is 1. The third-order valence-corrected chi connectivity index (χ3v) is 1.90. The average Bonchev–Trinajstić information content (AvgIpc) is 2.10. The first kappa shape index (κ1) is 11.0. The van der Waals surface area contributed by atoms with Crippen molar-refractivity contribution >= 4 is 0 Å². The second-order valence-corrected chi connectivity index (χ2v) is 3.93. The summed E-state index contributed by atoms with van der Waals surface area (Å²) in [6.07, 6.45) is 0. The lowest BCUT2D eigenvalue weighted by Crippen LogP contribution is -2.32. The Kier molecular flexibility index (Phi) is 3.11. The van der Waals surface area contributed by atoms with E-state index in [4.69, 9.17) is 9.84 Å². The number of halogens is 1. The molecule has 1 N–H and O–H groups in total. The zero-order valence-corrected chi connectivity index (χ0v) is 8.67. The monoisotopic (exact) mass is 198 g/mol. The van der Waals surface area contributed by atoms with Crippen LogP contribution in [0.25, 0.3) is 0 Å². The molecule has 0 spiro atoms. The lowest BCUT2D eigenvalue weighted by Gasteiger charge is -2.24. The molecular weight excluding hydrogens is 183 g/mol. The molecule has 1 aromatic carbocycles. The molecule has 0 aromatic heterocycles. The van der Waals surface area contributed by atoms with Crippen molar-refractivity contribution in [3.05, 3.63) is 29.6 Å². The van der Waals surface area contributed by atoms with Gasteiger partial charge in [0.1, 0.15) is 17.2 Å². The van der Waals surface area contributed by atoms with Crippen molar-refractivity contribution in [2.45, 2.75) is 26.4 Å². The van der Waals surface area contributed by atoms with E-state index in [0.29, 0.717) is 5.75 Å². The summed E-state index contributed by atoms with van der Waals surface area (Å²) >= 11 is 0. The number of hydrogen-bond donors (Lipinski definition) is 1. The van der Waals surface area contributed by atoms with Crippen molar-refractivity contribution in [2.75, 3.05) is 6.61 Å². The molecule has 0 aliphatic heterocycles. The molecule has 2 nitrogen and oxygen atoms in total. The molecule has 0 radical (unpaired) electrons. The minimum Gasteiger partial charge on any atom is -0.485 e. The molecule has 1 rings (SSSR count). The molecule has 0 bridgehead atoms. The van der Waals surface area contributed by atoms with E-state index in [1.54, 1.807) is 26.8 Å². The fourth-order valence-corrected chi connectivity index (χ4v) is 1.06. The van der Waals surface area contributed by atoms with Crippen molar-refractivity contribution in [3.63, 3.8) is 0 Å². The van der Waals surface area contributed by atoms with Crippen molar-refractivity contribution in [3.8, 4) is 5.75 Å². The summed E-state index contributed by atoms with van der Waals surface area (Å²) in [5.41, 5.74) is 0.0919. The van der Waals surface area contributed by atoms with E-state index in [9.17, 15) is 4.39 Å². The molecule has 0 amide bonds. The second-order valence-electron chi connectivity index (χ2n) is 3.93. The van der Waals surface area contributed by atoms with E-state index < -0.39 is 5.60 Å². The van der Waals surface area contributed by atoms with Crippen LogP contribution in [-0.2, 0) is 0 Å². The highest BCUT2D eigenvalue weighted by atomic mass is 19.1. The number of ether oxygens (including phenoxy) is 1. The van der Waals surface area contributed by atoms with E-state index >= 15 is 0 Å². The van der Waals surface area contributed by atoms with Crippen molar-refractivity contribution in [1.82, 2.24) is 0 Å². The molecule has 0 unspecified atom stereocenters. The summed E-state index contributed by atoms with van der Waals surface area (Å²) in [6.45, 7) is 5.24. The van der Waals surface area contributed by atoms with Crippen LogP contribution in [0.1, 0.15) is 19.4 Å². The smallest absolute Gasteiger partial charge is 0.126 e. The van der Waals surface area contributed by atoms with Crippen LogP contribution in [0.4, 0.5) is 4.39 Å². The largest absolute Gasteiger partial charge is 0.485 e. The van der Waals surface area contributed by atoms with Gasteiger partial charge >= 0.3 is 0 Å². The van der Waals surface area contributed by atoms with Gasteiger partial charge in [-0.3, -0.25) is 0 Å². The summed E-state index contributed by atoms with van der Waals surface area (Å²) in [6, 6.07) is 4.32. The van der Waals surface area contributed by atoms with Crippen LogP contribution in [-0.4, -0.2) is 17.3 Å². The lowest BCUT2D eigenvalue weighted by atomic mass is 10.1. The van der Waals surface area contributed by atoms with E-state index in [-0.39, 0.29) is 12.4 Å². The minimum absolute atomic E-state index is 0.0795. The highest BCUT2D eigenvalue weighted by Gasteiger charge is 2.19.